The van der Waals surface area contributed by atoms with E-state index in [1.54, 1.807) is 12.3 Å². The molecule has 0 spiro atoms. The standard InChI is InChI=1S/C10H11N3O/c1-7-4-3-5-11-10(7)13-9(14)6-8(2)12-13/h3-6,14H,1-2H3. The van der Waals surface area contributed by atoms with Crippen molar-refractivity contribution < 1.29 is 5.11 Å². The van der Waals surface area contributed by atoms with E-state index in [0.29, 0.717) is 5.82 Å². The first kappa shape index (κ1) is 8.74. The summed E-state index contributed by atoms with van der Waals surface area (Å²) in [6.07, 6.45) is 1.68. The molecule has 2 aromatic heterocycles. The zero-order chi connectivity index (χ0) is 10.1. The van der Waals surface area contributed by atoms with Gasteiger partial charge >= 0.3 is 0 Å². The van der Waals surface area contributed by atoms with Gasteiger partial charge in [-0.1, -0.05) is 6.07 Å². The van der Waals surface area contributed by atoms with Gasteiger partial charge in [-0.25, -0.2) is 4.98 Å². The van der Waals surface area contributed by atoms with Crippen LogP contribution in [0.5, 0.6) is 5.88 Å². The molecule has 0 aliphatic rings. The molecule has 0 saturated carbocycles. The topological polar surface area (TPSA) is 50.9 Å². The summed E-state index contributed by atoms with van der Waals surface area (Å²) in [5.41, 5.74) is 1.75. The number of pyridine rings is 1. The lowest BCUT2D eigenvalue weighted by Crippen LogP contribution is -2.01. The summed E-state index contributed by atoms with van der Waals surface area (Å²) < 4.78 is 1.44. The Morgan fingerprint density at radius 3 is 2.71 bits per heavy atom. The molecule has 0 radical (unpaired) electrons. The second-order valence-corrected chi connectivity index (χ2v) is 3.20. The van der Waals surface area contributed by atoms with E-state index >= 15 is 0 Å². The molecule has 0 aliphatic carbocycles. The first-order valence-corrected chi connectivity index (χ1v) is 4.36. The van der Waals surface area contributed by atoms with E-state index in [2.05, 4.69) is 10.1 Å². The van der Waals surface area contributed by atoms with Gasteiger partial charge in [-0.3, -0.25) is 0 Å². The molecule has 72 valence electrons. The van der Waals surface area contributed by atoms with Crippen LogP contribution in [0.2, 0.25) is 0 Å². The number of hydrogen-bond acceptors (Lipinski definition) is 3. The molecule has 0 bridgehead atoms. The highest BCUT2D eigenvalue weighted by molar-refractivity contribution is 5.35. The second-order valence-electron chi connectivity index (χ2n) is 3.20. The van der Waals surface area contributed by atoms with Gasteiger partial charge in [0.25, 0.3) is 0 Å². The molecule has 0 atom stereocenters. The van der Waals surface area contributed by atoms with Crippen LogP contribution in [0, 0.1) is 13.8 Å². The molecule has 2 aromatic rings. The minimum Gasteiger partial charge on any atom is -0.493 e. The van der Waals surface area contributed by atoms with Crippen LogP contribution in [0.1, 0.15) is 11.3 Å². The summed E-state index contributed by atoms with van der Waals surface area (Å²) >= 11 is 0. The largest absolute Gasteiger partial charge is 0.493 e. The Labute approximate surface area is 81.8 Å². The van der Waals surface area contributed by atoms with Crippen LogP contribution in [0.15, 0.2) is 24.4 Å². The van der Waals surface area contributed by atoms with Gasteiger partial charge in [0.05, 0.1) is 5.69 Å². The number of nitrogens with zero attached hydrogens (tertiary/aromatic N) is 3. The van der Waals surface area contributed by atoms with Crippen molar-refractivity contribution >= 4 is 0 Å². The summed E-state index contributed by atoms with van der Waals surface area (Å²) in [4.78, 5) is 4.16. The quantitative estimate of drug-likeness (QED) is 0.741. The summed E-state index contributed by atoms with van der Waals surface area (Å²) in [6, 6.07) is 5.39. The summed E-state index contributed by atoms with van der Waals surface area (Å²) in [6.45, 7) is 3.76. The highest BCUT2D eigenvalue weighted by Crippen LogP contribution is 2.17. The number of rotatable bonds is 1. The number of aromatic hydroxyl groups is 1. The van der Waals surface area contributed by atoms with Gasteiger partial charge in [0, 0.05) is 12.3 Å². The summed E-state index contributed by atoms with van der Waals surface area (Å²) in [5, 5.41) is 13.7. The summed E-state index contributed by atoms with van der Waals surface area (Å²) in [7, 11) is 0. The maximum absolute atomic E-state index is 9.57. The Balaban J connectivity index is 2.60. The molecular formula is C10H11N3O. The van der Waals surface area contributed by atoms with Crippen LogP contribution in [0.25, 0.3) is 5.82 Å². The Hall–Kier alpha value is -1.84. The molecule has 0 amide bonds. The van der Waals surface area contributed by atoms with Crippen molar-refractivity contribution in [3.8, 4) is 11.7 Å². The third-order valence-corrected chi connectivity index (χ3v) is 2.00. The Bertz CT molecular complexity index is 462. The molecule has 4 nitrogen and oxygen atoms in total. The van der Waals surface area contributed by atoms with E-state index < -0.39 is 0 Å². The first-order chi connectivity index (χ1) is 6.68. The van der Waals surface area contributed by atoms with Crippen molar-refractivity contribution in [3.63, 3.8) is 0 Å². The van der Waals surface area contributed by atoms with E-state index in [1.165, 1.54) is 4.68 Å². The van der Waals surface area contributed by atoms with Gasteiger partial charge in [0.1, 0.15) is 0 Å². The van der Waals surface area contributed by atoms with Crippen molar-refractivity contribution in [2.45, 2.75) is 13.8 Å². The maximum atomic E-state index is 9.57. The maximum Gasteiger partial charge on any atom is 0.215 e. The molecule has 4 heteroatoms. The smallest absolute Gasteiger partial charge is 0.215 e. The lowest BCUT2D eigenvalue weighted by Gasteiger charge is -2.04. The second kappa shape index (κ2) is 3.14. The van der Waals surface area contributed by atoms with E-state index in [9.17, 15) is 5.11 Å². The molecule has 0 aliphatic heterocycles. The van der Waals surface area contributed by atoms with Crippen LogP contribution in [0.4, 0.5) is 0 Å². The van der Waals surface area contributed by atoms with Gasteiger partial charge in [-0.2, -0.15) is 9.78 Å². The van der Waals surface area contributed by atoms with Gasteiger partial charge in [-0.05, 0) is 25.5 Å². The van der Waals surface area contributed by atoms with E-state index in [0.717, 1.165) is 11.3 Å². The zero-order valence-corrected chi connectivity index (χ0v) is 8.10. The Morgan fingerprint density at radius 2 is 2.14 bits per heavy atom. The predicted molar refractivity (Wildman–Crippen MR) is 52.5 cm³/mol. The Morgan fingerprint density at radius 1 is 1.36 bits per heavy atom. The fraction of sp³-hybridized carbons (Fsp3) is 0.200. The Kier molecular flexibility index (Phi) is 1.96. The highest BCUT2D eigenvalue weighted by Gasteiger charge is 2.08. The highest BCUT2D eigenvalue weighted by atomic mass is 16.3. The number of aromatic nitrogens is 3. The minimum absolute atomic E-state index is 0.115. The molecular weight excluding hydrogens is 178 g/mol. The molecule has 0 aromatic carbocycles. The molecule has 2 rings (SSSR count). The third kappa shape index (κ3) is 1.35. The van der Waals surface area contributed by atoms with Crippen LogP contribution in [-0.4, -0.2) is 19.9 Å². The lowest BCUT2D eigenvalue weighted by atomic mass is 10.3. The van der Waals surface area contributed by atoms with Crippen molar-refractivity contribution in [2.75, 3.05) is 0 Å². The van der Waals surface area contributed by atoms with E-state index in [-0.39, 0.29) is 5.88 Å². The van der Waals surface area contributed by atoms with Crippen LogP contribution >= 0.6 is 0 Å². The molecule has 14 heavy (non-hydrogen) atoms. The molecule has 1 N–H and O–H groups in total. The van der Waals surface area contributed by atoms with Gasteiger partial charge in [0.15, 0.2) is 5.82 Å². The third-order valence-electron chi connectivity index (χ3n) is 2.00. The predicted octanol–water partition coefficient (Wildman–Crippen LogP) is 1.59. The van der Waals surface area contributed by atoms with Crippen molar-refractivity contribution in [3.05, 3.63) is 35.7 Å². The molecule has 0 saturated heterocycles. The normalized spacial score (nSPS) is 10.4. The van der Waals surface area contributed by atoms with Crippen LogP contribution < -0.4 is 0 Å². The SMILES string of the molecule is Cc1cc(O)n(-c2ncccc2C)n1. The number of aryl methyl sites for hydroxylation is 2. The van der Waals surface area contributed by atoms with Crippen molar-refractivity contribution in [1.82, 2.24) is 14.8 Å². The first-order valence-electron chi connectivity index (χ1n) is 4.36. The summed E-state index contributed by atoms with van der Waals surface area (Å²) in [5.74, 6) is 0.780. The van der Waals surface area contributed by atoms with Gasteiger partial charge < -0.3 is 5.11 Å². The lowest BCUT2D eigenvalue weighted by molar-refractivity contribution is 0.431. The van der Waals surface area contributed by atoms with Crippen molar-refractivity contribution in [1.29, 1.82) is 0 Å². The van der Waals surface area contributed by atoms with Gasteiger partial charge in [-0.15, -0.1) is 0 Å². The van der Waals surface area contributed by atoms with Crippen LogP contribution in [0.3, 0.4) is 0 Å². The van der Waals surface area contributed by atoms with E-state index in [4.69, 9.17) is 0 Å². The fourth-order valence-corrected chi connectivity index (χ4v) is 1.34. The average Bonchev–Trinajstić information content (AvgIpc) is 2.46. The number of hydrogen-bond donors (Lipinski definition) is 1. The van der Waals surface area contributed by atoms with Crippen LogP contribution in [-0.2, 0) is 0 Å². The molecule has 0 unspecified atom stereocenters. The van der Waals surface area contributed by atoms with Crippen molar-refractivity contribution in [2.24, 2.45) is 0 Å². The fourth-order valence-electron chi connectivity index (χ4n) is 1.34. The molecule has 0 fully saturated rings. The minimum atomic E-state index is 0.115. The van der Waals surface area contributed by atoms with E-state index in [1.807, 2.05) is 26.0 Å². The molecule has 2 heterocycles. The van der Waals surface area contributed by atoms with Gasteiger partial charge in [0.2, 0.25) is 5.88 Å². The average molecular weight is 189 g/mol. The zero-order valence-electron chi connectivity index (χ0n) is 8.10. The monoisotopic (exact) mass is 189 g/mol.